The predicted molar refractivity (Wildman–Crippen MR) is 114 cm³/mol. The van der Waals surface area contributed by atoms with E-state index in [1.165, 1.54) is 7.11 Å². The van der Waals surface area contributed by atoms with Gasteiger partial charge in [0.1, 0.15) is 5.75 Å². The zero-order chi connectivity index (χ0) is 22.8. The number of amides is 1. The highest BCUT2D eigenvalue weighted by Crippen LogP contribution is 2.35. The SMILES string of the molecule is COc1ccc(Cl)cc1-c1nnc(SCC(=O)Nc2cc(C(F)(F)F)ccc2Cl)n1C. The Hall–Kier alpha value is -2.43. The number of halogens is 5. The molecule has 0 aliphatic carbocycles. The lowest BCUT2D eigenvalue weighted by Crippen LogP contribution is -2.16. The average Bonchev–Trinajstić information content (AvgIpc) is 3.07. The molecule has 0 saturated heterocycles. The van der Waals surface area contributed by atoms with Gasteiger partial charge >= 0.3 is 6.18 Å². The van der Waals surface area contributed by atoms with E-state index in [9.17, 15) is 18.0 Å². The Morgan fingerprint density at radius 2 is 1.94 bits per heavy atom. The Bertz CT molecular complexity index is 1120. The van der Waals surface area contributed by atoms with Gasteiger partial charge in [-0.3, -0.25) is 4.79 Å². The highest BCUT2D eigenvalue weighted by atomic mass is 35.5. The third-order valence-corrected chi connectivity index (χ3v) is 5.72. The van der Waals surface area contributed by atoms with Gasteiger partial charge in [0, 0.05) is 12.1 Å². The number of nitrogens with zero attached hydrogens (tertiary/aromatic N) is 3. The monoisotopic (exact) mass is 490 g/mol. The number of methoxy groups -OCH3 is 1. The van der Waals surface area contributed by atoms with E-state index in [4.69, 9.17) is 27.9 Å². The molecule has 12 heteroatoms. The fourth-order valence-electron chi connectivity index (χ4n) is 2.64. The number of benzene rings is 2. The molecule has 0 aliphatic heterocycles. The van der Waals surface area contributed by atoms with Crippen LogP contribution in [0.25, 0.3) is 11.4 Å². The van der Waals surface area contributed by atoms with E-state index in [2.05, 4.69) is 15.5 Å². The first-order chi connectivity index (χ1) is 14.6. The van der Waals surface area contributed by atoms with Crippen molar-refractivity contribution < 1.29 is 22.7 Å². The van der Waals surface area contributed by atoms with E-state index in [0.717, 1.165) is 30.0 Å². The molecule has 6 nitrogen and oxygen atoms in total. The van der Waals surface area contributed by atoms with E-state index in [0.29, 0.717) is 27.3 Å². The summed E-state index contributed by atoms with van der Waals surface area (Å²) < 4.78 is 45.6. The molecule has 0 bridgehead atoms. The third kappa shape index (κ3) is 5.44. The van der Waals surface area contributed by atoms with Gasteiger partial charge in [-0.05, 0) is 36.4 Å². The van der Waals surface area contributed by atoms with Crippen molar-refractivity contribution >= 4 is 46.6 Å². The van der Waals surface area contributed by atoms with Crippen molar-refractivity contribution in [2.75, 3.05) is 18.2 Å². The summed E-state index contributed by atoms with van der Waals surface area (Å²) in [7, 11) is 3.22. The fraction of sp³-hybridized carbons (Fsp3) is 0.211. The van der Waals surface area contributed by atoms with Crippen LogP contribution >= 0.6 is 35.0 Å². The molecule has 0 fully saturated rings. The Balaban J connectivity index is 1.72. The molecule has 31 heavy (non-hydrogen) atoms. The van der Waals surface area contributed by atoms with Crippen LogP contribution in [0.1, 0.15) is 5.56 Å². The van der Waals surface area contributed by atoms with E-state index in [-0.39, 0.29) is 16.5 Å². The topological polar surface area (TPSA) is 69.0 Å². The van der Waals surface area contributed by atoms with Gasteiger partial charge in [0.25, 0.3) is 0 Å². The van der Waals surface area contributed by atoms with Crippen molar-refractivity contribution in [3.05, 3.63) is 52.0 Å². The summed E-state index contributed by atoms with van der Waals surface area (Å²) in [6, 6.07) is 7.78. The van der Waals surface area contributed by atoms with E-state index in [1.54, 1.807) is 29.8 Å². The van der Waals surface area contributed by atoms with Crippen molar-refractivity contribution in [3.63, 3.8) is 0 Å². The Labute approximate surface area is 189 Å². The minimum absolute atomic E-state index is 0.000320. The summed E-state index contributed by atoms with van der Waals surface area (Å²) >= 11 is 13.0. The number of carbonyl (C=O) groups excluding carboxylic acids is 1. The summed E-state index contributed by atoms with van der Waals surface area (Å²) in [5, 5.41) is 11.5. The molecule has 0 unspecified atom stereocenters. The molecular formula is C19H15Cl2F3N4O2S. The minimum Gasteiger partial charge on any atom is -0.496 e. The van der Waals surface area contributed by atoms with Crippen LogP contribution in [0.2, 0.25) is 10.0 Å². The summed E-state index contributed by atoms with van der Waals surface area (Å²) in [6.07, 6.45) is -4.55. The van der Waals surface area contributed by atoms with Crippen LogP contribution in [-0.2, 0) is 18.0 Å². The molecule has 1 N–H and O–H groups in total. The maximum absolute atomic E-state index is 12.9. The Kier molecular flexibility index (Phi) is 7.03. The highest BCUT2D eigenvalue weighted by Gasteiger charge is 2.31. The van der Waals surface area contributed by atoms with Gasteiger partial charge in [-0.1, -0.05) is 35.0 Å². The van der Waals surface area contributed by atoms with Crippen LogP contribution in [-0.4, -0.2) is 33.5 Å². The van der Waals surface area contributed by atoms with Crippen LogP contribution in [0.15, 0.2) is 41.6 Å². The molecule has 164 valence electrons. The highest BCUT2D eigenvalue weighted by molar-refractivity contribution is 7.99. The molecule has 0 aliphatic rings. The molecular weight excluding hydrogens is 476 g/mol. The number of rotatable bonds is 6. The minimum atomic E-state index is -4.55. The largest absolute Gasteiger partial charge is 0.496 e. The number of nitrogens with one attached hydrogen (secondary N) is 1. The van der Waals surface area contributed by atoms with E-state index < -0.39 is 17.6 Å². The molecule has 1 aromatic heterocycles. The number of hydrogen-bond donors (Lipinski definition) is 1. The molecule has 0 spiro atoms. The summed E-state index contributed by atoms with van der Waals surface area (Å²) in [5.41, 5.74) is -0.408. The van der Waals surface area contributed by atoms with Gasteiger partial charge < -0.3 is 14.6 Å². The number of ether oxygens (including phenoxy) is 1. The number of hydrogen-bond acceptors (Lipinski definition) is 5. The first-order valence-electron chi connectivity index (χ1n) is 8.63. The van der Waals surface area contributed by atoms with Crippen LogP contribution in [0, 0.1) is 0 Å². The molecule has 0 saturated carbocycles. The zero-order valence-electron chi connectivity index (χ0n) is 16.1. The van der Waals surface area contributed by atoms with Crippen molar-refractivity contribution in [3.8, 4) is 17.1 Å². The third-order valence-electron chi connectivity index (χ3n) is 4.14. The van der Waals surface area contributed by atoms with Gasteiger partial charge in [0.2, 0.25) is 5.91 Å². The van der Waals surface area contributed by atoms with Crippen molar-refractivity contribution in [1.82, 2.24) is 14.8 Å². The normalized spacial score (nSPS) is 11.5. The van der Waals surface area contributed by atoms with Gasteiger partial charge in [-0.15, -0.1) is 10.2 Å². The lowest BCUT2D eigenvalue weighted by Gasteiger charge is -2.11. The summed E-state index contributed by atoms with van der Waals surface area (Å²) in [4.78, 5) is 12.3. The molecule has 0 radical (unpaired) electrons. The summed E-state index contributed by atoms with van der Waals surface area (Å²) in [5.74, 6) is 0.360. The number of alkyl halides is 3. The van der Waals surface area contributed by atoms with Crippen LogP contribution < -0.4 is 10.1 Å². The maximum atomic E-state index is 12.9. The number of aromatic nitrogens is 3. The molecule has 0 atom stereocenters. The van der Waals surface area contributed by atoms with Crippen LogP contribution in [0.5, 0.6) is 5.75 Å². The zero-order valence-corrected chi connectivity index (χ0v) is 18.5. The van der Waals surface area contributed by atoms with Crippen LogP contribution in [0.4, 0.5) is 18.9 Å². The maximum Gasteiger partial charge on any atom is 0.416 e. The molecule has 3 rings (SSSR count). The van der Waals surface area contributed by atoms with Gasteiger partial charge in [0.05, 0.1) is 34.7 Å². The average molecular weight is 491 g/mol. The first-order valence-corrected chi connectivity index (χ1v) is 10.4. The quantitative estimate of drug-likeness (QED) is 0.459. The van der Waals surface area contributed by atoms with Crippen molar-refractivity contribution in [2.45, 2.75) is 11.3 Å². The lowest BCUT2D eigenvalue weighted by atomic mass is 10.2. The Morgan fingerprint density at radius 3 is 2.61 bits per heavy atom. The summed E-state index contributed by atoms with van der Waals surface area (Å²) in [6.45, 7) is 0. The second-order valence-electron chi connectivity index (χ2n) is 6.24. The Morgan fingerprint density at radius 1 is 1.19 bits per heavy atom. The lowest BCUT2D eigenvalue weighted by molar-refractivity contribution is -0.137. The van der Waals surface area contributed by atoms with Gasteiger partial charge in [-0.2, -0.15) is 13.2 Å². The van der Waals surface area contributed by atoms with Crippen LogP contribution in [0.3, 0.4) is 0 Å². The second-order valence-corrected chi connectivity index (χ2v) is 8.03. The molecule has 1 amide bonds. The van der Waals surface area contributed by atoms with Gasteiger partial charge in [-0.25, -0.2) is 0 Å². The molecule has 3 aromatic rings. The van der Waals surface area contributed by atoms with Crippen molar-refractivity contribution in [1.29, 1.82) is 0 Å². The molecule has 1 heterocycles. The predicted octanol–water partition coefficient (Wildman–Crippen LogP) is 5.55. The smallest absolute Gasteiger partial charge is 0.416 e. The number of carbonyl (C=O) groups is 1. The fourth-order valence-corrected chi connectivity index (χ4v) is 3.69. The second kappa shape index (κ2) is 9.37. The number of thioether (sulfide) groups is 1. The number of anilines is 1. The van der Waals surface area contributed by atoms with E-state index in [1.807, 2.05) is 0 Å². The molecule has 2 aromatic carbocycles. The van der Waals surface area contributed by atoms with Crippen molar-refractivity contribution in [2.24, 2.45) is 7.05 Å². The standard InChI is InChI=1S/C19H15Cl2F3N4O2S/c1-28-17(12-8-11(20)4-6-15(12)30-2)26-27-18(28)31-9-16(29)25-14-7-10(19(22,23)24)3-5-13(14)21/h3-8H,9H2,1-2H3,(H,25,29). The van der Waals surface area contributed by atoms with Gasteiger partial charge in [0.15, 0.2) is 11.0 Å². The van der Waals surface area contributed by atoms with E-state index >= 15 is 0 Å². The first kappa shape index (κ1) is 23.2.